The molecule has 6 nitrogen and oxygen atoms in total. The van der Waals surface area contributed by atoms with Crippen molar-refractivity contribution >= 4 is 11.6 Å². The monoisotopic (exact) mass is 368 g/mol. The second kappa shape index (κ2) is 7.20. The number of carbonyl (C=O) groups is 1. The molecule has 0 spiro atoms. The highest BCUT2D eigenvalue weighted by molar-refractivity contribution is 6.06. The molecule has 0 saturated carbocycles. The molecule has 0 radical (unpaired) electrons. The quantitative estimate of drug-likeness (QED) is 0.897. The second-order valence-electron chi connectivity index (χ2n) is 5.50. The molecular formula is C17H15F3N2O4. The molecule has 1 amide bonds. The number of pyridine rings is 1. The average molecular weight is 368 g/mol. The minimum Gasteiger partial charge on any atom is -0.497 e. The lowest BCUT2D eigenvalue weighted by atomic mass is 10.1. The maximum Gasteiger partial charge on any atom is 0.573 e. The number of alkyl halides is 3. The van der Waals surface area contributed by atoms with E-state index < -0.39 is 18.0 Å². The zero-order valence-electron chi connectivity index (χ0n) is 13.7. The zero-order chi connectivity index (χ0) is 18.7. The first-order chi connectivity index (χ1) is 12.4. The molecule has 0 aliphatic carbocycles. The highest BCUT2D eigenvalue weighted by Gasteiger charge is 2.33. The van der Waals surface area contributed by atoms with Gasteiger partial charge in [-0.3, -0.25) is 9.78 Å². The minimum absolute atomic E-state index is 0.224. The summed E-state index contributed by atoms with van der Waals surface area (Å²) in [6.07, 6.45) is -2.80. The largest absolute Gasteiger partial charge is 0.573 e. The average Bonchev–Trinajstić information content (AvgIpc) is 2.60. The Labute approximate surface area is 146 Å². The van der Waals surface area contributed by atoms with Crippen LogP contribution in [0.4, 0.5) is 18.9 Å². The van der Waals surface area contributed by atoms with E-state index in [9.17, 15) is 18.0 Å². The van der Waals surface area contributed by atoms with Gasteiger partial charge in [-0.25, -0.2) is 0 Å². The van der Waals surface area contributed by atoms with E-state index in [2.05, 4.69) is 15.0 Å². The molecule has 0 saturated heterocycles. The summed E-state index contributed by atoms with van der Waals surface area (Å²) in [5, 5.41) is 2.53. The Bertz CT molecular complexity index is 824. The first-order valence-corrected chi connectivity index (χ1v) is 7.66. The van der Waals surface area contributed by atoms with Gasteiger partial charge in [-0.2, -0.15) is 0 Å². The molecule has 0 unspecified atom stereocenters. The zero-order valence-corrected chi connectivity index (χ0v) is 13.7. The number of nitrogens with one attached hydrogen (secondary N) is 1. The van der Waals surface area contributed by atoms with Crippen LogP contribution in [0, 0.1) is 0 Å². The standard InChI is InChI=1S/C17H15F3N2O4/c1-24-12-2-3-15(26-17(18,19)20)13(7-12)16(23)22-11-6-10-9-25-5-4-14(10)21-8-11/h2-3,6-8H,4-5,9H2,1H3,(H,22,23). The summed E-state index contributed by atoms with van der Waals surface area (Å²) < 4.78 is 52.0. The van der Waals surface area contributed by atoms with Gasteiger partial charge in [0.2, 0.25) is 0 Å². The number of aromatic nitrogens is 1. The summed E-state index contributed by atoms with van der Waals surface area (Å²) in [5.74, 6) is -1.17. The molecule has 2 heterocycles. The number of ether oxygens (including phenoxy) is 3. The third-order valence-corrected chi connectivity index (χ3v) is 3.72. The third kappa shape index (κ3) is 4.23. The van der Waals surface area contributed by atoms with Gasteiger partial charge in [0.15, 0.2) is 0 Å². The minimum atomic E-state index is -4.92. The van der Waals surface area contributed by atoms with Crippen molar-refractivity contribution in [3.8, 4) is 11.5 Å². The number of nitrogens with zero attached hydrogens (tertiary/aromatic N) is 1. The lowest BCUT2D eigenvalue weighted by Gasteiger charge is -2.17. The number of fused-ring (bicyclic) bond motifs is 1. The Morgan fingerprint density at radius 1 is 1.31 bits per heavy atom. The number of anilines is 1. The van der Waals surface area contributed by atoms with Crippen LogP contribution in [0.3, 0.4) is 0 Å². The van der Waals surface area contributed by atoms with Crippen molar-refractivity contribution in [1.29, 1.82) is 0 Å². The van der Waals surface area contributed by atoms with Crippen molar-refractivity contribution < 1.29 is 32.2 Å². The smallest absolute Gasteiger partial charge is 0.497 e. The molecular weight excluding hydrogens is 353 g/mol. The number of carbonyl (C=O) groups excluding carboxylic acids is 1. The maximum atomic E-state index is 12.6. The van der Waals surface area contributed by atoms with Crippen LogP contribution in [0.1, 0.15) is 21.6 Å². The van der Waals surface area contributed by atoms with E-state index in [4.69, 9.17) is 9.47 Å². The summed E-state index contributed by atoms with van der Waals surface area (Å²) >= 11 is 0. The maximum absolute atomic E-state index is 12.6. The van der Waals surface area contributed by atoms with Crippen LogP contribution < -0.4 is 14.8 Å². The van der Waals surface area contributed by atoms with Gasteiger partial charge in [-0.05, 0) is 24.3 Å². The van der Waals surface area contributed by atoms with Crippen molar-refractivity contribution in [3.63, 3.8) is 0 Å². The van der Waals surface area contributed by atoms with Crippen LogP contribution in [0.5, 0.6) is 11.5 Å². The highest BCUT2D eigenvalue weighted by atomic mass is 19.4. The third-order valence-electron chi connectivity index (χ3n) is 3.72. The van der Waals surface area contributed by atoms with Crippen LogP contribution >= 0.6 is 0 Å². The van der Waals surface area contributed by atoms with Crippen molar-refractivity contribution in [3.05, 3.63) is 47.3 Å². The number of hydrogen-bond acceptors (Lipinski definition) is 5. The lowest BCUT2D eigenvalue weighted by Crippen LogP contribution is -2.21. The van der Waals surface area contributed by atoms with Gasteiger partial charge >= 0.3 is 6.36 Å². The summed E-state index contributed by atoms with van der Waals surface area (Å²) in [4.78, 5) is 16.7. The van der Waals surface area contributed by atoms with E-state index in [0.29, 0.717) is 25.3 Å². The molecule has 1 aromatic carbocycles. The van der Waals surface area contributed by atoms with Crippen LogP contribution in [0.2, 0.25) is 0 Å². The first-order valence-electron chi connectivity index (χ1n) is 7.66. The van der Waals surface area contributed by atoms with Gasteiger partial charge in [-0.15, -0.1) is 13.2 Å². The molecule has 1 aliphatic heterocycles. The Morgan fingerprint density at radius 3 is 2.85 bits per heavy atom. The van der Waals surface area contributed by atoms with E-state index in [1.165, 1.54) is 25.4 Å². The molecule has 26 heavy (non-hydrogen) atoms. The van der Waals surface area contributed by atoms with Gasteiger partial charge in [0.25, 0.3) is 5.91 Å². The SMILES string of the molecule is COc1ccc(OC(F)(F)F)c(C(=O)Nc2cnc3c(c2)COCC3)c1. The van der Waals surface area contributed by atoms with Crippen LogP contribution in [-0.4, -0.2) is 31.0 Å². The van der Waals surface area contributed by atoms with Gasteiger partial charge in [0.1, 0.15) is 11.5 Å². The summed E-state index contributed by atoms with van der Waals surface area (Å²) in [6.45, 7) is 0.946. The van der Waals surface area contributed by atoms with Crippen LogP contribution in [-0.2, 0) is 17.8 Å². The van der Waals surface area contributed by atoms with E-state index >= 15 is 0 Å². The van der Waals surface area contributed by atoms with Crippen molar-refractivity contribution in [2.45, 2.75) is 19.4 Å². The molecule has 9 heteroatoms. The van der Waals surface area contributed by atoms with Gasteiger partial charge in [-0.1, -0.05) is 0 Å². The first kappa shape index (κ1) is 18.0. The number of halogens is 3. The molecule has 3 rings (SSSR count). The van der Waals surface area contributed by atoms with Crippen LogP contribution in [0.15, 0.2) is 30.5 Å². The number of methoxy groups -OCH3 is 1. The molecule has 0 fully saturated rings. The fourth-order valence-corrected chi connectivity index (χ4v) is 2.53. The number of amides is 1. The van der Waals surface area contributed by atoms with Crippen LogP contribution in [0.25, 0.3) is 0 Å². The number of benzene rings is 1. The van der Waals surface area contributed by atoms with Gasteiger partial charge in [0.05, 0.1) is 37.8 Å². The summed E-state index contributed by atoms with van der Waals surface area (Å²) in [6, 6.07) is 5.16. The Morgan fingerprint density at radius 2 is 2.12 bits per heavy atom. The molecule has 1 N–H and O–H groups in total. The van der Waals surface area contributed by atoms with E-state index in [1.54, 1.807) is 6.07 Å². The number of rotatable bonds is 4. The Balaban J connectivity index is 1.86. The Hall–Kier alpha value is -2.81. The molecule has 2 aromatic rings. The Kier molecular flexibility index (Phi) is 4.99. The predicted molar refractivity (Wildman–Crippen MR) is 85.2 cm³/mol. The molecule has 1 aromatic heterocycles. The summed E-state index contributed by atoms with van der Waals surface area (Å²) in [7, 11) is 1.34. The van der Waals surface area contributed by atoms with E-state index in [0.717, 1.165) is 17.3 Å². The van der Waals surface area contributed by atoms with Gasteiger partial charge < -0.3 is 19.5 Å². The fourth-order valence-electron chi connectivity index (χ4n) is 2.53. The normalized spacial score (nSPS) is 13.7. The fraction of sp³-hybridized carbons (Fsp3) is 0.294. The highest BCUT2D eigenvalue weighted by Crippen LogP contribution is 2.30. The second-order valence-corrected chi connectivity index (χ2v) is 5.50. The lowest BCUT2D eigenvalue weighted by molar-refractivity contribution is -0.274. The molecule has 138 valence electrons. The van der Waals surface area contributed by atoms with Crippen molar-refractivity contribution in [1.82, 2.24) is 4.98 Å². The molecule has 1 aliphatic rings. The van der Waals surface area contributed by atoms with Gasteiger partial charge in [0, 0.05) is 17.7 Å². The topological polar surface area (TPSA) is 69.7 Å². The van der Waals surface area contributed by atoms with Crippen molar-refractivity contribution in [2.24, 2.45) is 0 Å². The predicted octanol–water partition coefficient (Wildman–Crippen LogP) is 3.31. The van der Waals surface area contributed by atoms with E-state index in [1.807, 2.05) is 0 Å². The summed E-state index contributed by atoms with van der Waals surface area (Å²) in [5.41, 5.74) is 1.74. The number of hydrogen-bond donors (Lipinski definition) is 1. The molecule has 0 bridgehead atoms. The molecule has 0 atom stereocenters. The van der Waals surface area contributed by atoms with E-state index in [-0.39, 0.29) is 11.3 Å². The van der Waals surface area contributed by atoms with Crippen molar-refractivity contribution in [2.75, 3.05) is 19.0 Å².